The van der Waals surface area contributed by atoms with E-state index in [1.54, 1.807) is 0 Å². The Hall–Kier alpha value is -0.570. The van der Waals surface area contributed by atoms with Crippen molar-refractivity contribution in [3.05, 3.63) is 0 Å². The average Bonchev–Trinajstić information content (AvgIpc) is 2.16. The van der Waals surface area contributed by atoms with Gasteiger partial charge in [0.25, 0.3) is 0 Å². The monoisotopic (exact) mass is 199 g/mol. The lowest BCUT2D eigenvalue weighted by molar-refractivity contribution is -0.148. The molecule has 0 aromatic heterocycles. The summed E-state index contributed by atoms with van der Waals surface area (Å²) in [4.78, 5) is 13.8. The third kappa shape index (κ3) is 2.98. The number of hydrogen-bond acceptors (Lipinski definition) is 3. The van der Waals surface area contributed by atoms with Gasteiger partial charge in [0.15, 0.2) is 0 Å². The first-order valence-corrected chi connectivity index (χ1v) is 5.47. The Balaban J connectivity index is 2.54. The summed E-state index contributed by atoms with van der Waals surface area (Å²) in [6, 6.07) is 0.0103. The number of rotatable bonds is 3. The maximum atomic E-state index is 11.5. The number of likely N-dealkylation sites (tertiary alicyclic amines) is 1. The third-order valence-corrected chi connectivity index (χ3v) is 2.69. The molecule has 0 N–H and O–H groups in total. The second-order valence-electron chi connectivity index (χ2n) is 4.42. The molecule has 0 amide bonds. The minimum Gasteiger partial charge on any atom is -0.468 e. The van der Waals surface area contributed by atoms with Crippen LogP contribution in [0.4, 0.5) is 0 Å². The highest BCUT2D eigenvalue weighted by Gasteiger charge is 2.29. The Morgan fingerprint density at radius 2 is 2.21 bits per heavy atom. The average molecular weight is 199 g/mol. The lowest BCUT2D eigenvalue weighted by Gasteiger charge is -2.34. The second-order valence-corrected chi connectivity index (χ2v) is 4.42. The van der Waals surface area contributed by atoms with E-state index in [-0.39, 0.29) is 12.0 Å². The van der Waals surface area contributed by atoms with Gasteiger partial charge in [-0.05, 0) is 25.3 Å². The Morgan fingerprint density at radius 3 is 2.79 bits per heavy atom. The molecule has 1 aliphatic heterocycles. The zero-order valence-corrected chi connectivity index (χ0v) is 9.45. The largest absolute Gasteiger partial charge is 0.468 e. The molecule has 1 saturated heterocycles. The maximum Gasteiger partial charge on any atom is 0.323 e. The highest BCUT2D eigenvalue weighted by atomic mass is 16.5. The first kappa shape index (κ1) is 11.5. The van der Waals surface area contributed by atoms with E-state index in [1.165, 1.54) is 13.5 Å². The quantitative estimate of drug-likeness (QED) is 0.648. The highest BCUT2D eigenvalue weighted by molar-refractivity contribution is 5.75. The molecule has 82 valence electrons. The number of piperidine rings is 1. The molecule has 0 spiro atoms. The SMILES string of the molecule is COC(=O)C1CCCCN1CC(C)C. The third-order valence-electron chi connectivity index (χ3n) is 2.69. The molecule has 1 heterocycles. The number of esters is 1. The van der Waals surface area contributed by atoms with Gasteiger partial charge in [-0.2, -0.15) is 0 Å². The van der Waals surface area contributed by atoms with Gasteiger partial charge < -0.3 is 4.74 Å². The summed E-state index contributed by atoms with van der Waals surface area (Å²) < 4.78 is 4.82. The molecule has 1 unspecified atom stereocenters. The molecule has 1 atom stereocenters. The number of methoxy groups -OCH3 is 1. The first-order chi connectivity index (χ1) is 6.65. The molecular formula is C11H21NO2. The van der Waals surface area contributed by atoms with Gasteiger partial charge in [-0.25, -0.2) is 0 Å². The molecule has 0 saturated carbocycles. The summed E-state index contributed by atoms with van der Waals surface area (Å²) in [6.45, 7) is 6.41. The minimum absolute atomic E-state index is 0.0103. The summed E-state index contributed by atoms with van der Waals surface area (Å²) in [5.41, 5.74) is 0. The lowest BCUT2D eigenvalue weighted by Crippen LogP contribution is -2.46. The molecule has 0 radical (unpaired) electrons. The fraction of sp³-hybridized carbons (Fsp3) is 0.909. The predicted octanol–water partition coefficient (Wildman–Crippen LogP) is 1.67. The molecule has 0 aromatic carbocycles. The molecule has 14 heavy (non-hydrogen) atoms. The summed E-state index contributed by atoms with van der Waals surface area (Å²) in [5, 5.41) is 0. The van der Waals surface area contributed by atoms with Crippen LogP contribution in [0.2, 0.25) is 0 Å². The van der Waals surface area contributed by atoms with Gasteiger partial charge in [-0.15, -0.1) is 0 Å². The Morgan fingerprint density at radius 1 is 1.50 bits per heavy atom. The van der Waals surface area contributed by atoms with Crippen LogP contribution in [-0.4, -0.2) is 37.1 Å². The molecule has 0 aromatic rings. The summed E-state index contributed by atoms with van der Waals surface area (Å²) in [5.74, 6) is 0.547. The summed E-state index contributed by atoms with van der Waals surface area (Å²) in [7, 11) is 1.48. The van der Waals surface area contributed by atoms with Gasteiger partial charge in [0, 0.05) is 6.54 Å². The van der Waals surface area contributed by atoms with Crippen molar-refractivity contribution in [3.63, 3.8) is 0 Å². The number of nitrogens with zero attached hydrogens (tertiary/aromatic N) is 1. The lowest BCUT2D eigenvalue weighted by atomic mass is 10.0. The van der Waals surface area contributed by atoms with Crippen LogP contribution in [0.15, 0.2) is 0 Å². The van der Waals surface area contributed by atoms with Crippen LogP contribution in [0.1, 0.15) is 33.1 Å². The van der Waals surface area contributed by atoms with Crippen molar-refractivity contribution in [2.45, 2.75) is 39.2 Å². The van der Waals surface area contributed by atoms with Gasteiger partial charge >= 0.3 is 5.97 Å². The van der Waals surface area contributed by atoms with E-state index in [0.717, 1.165) is 25.9 Å². The van der Waals surface area contributed by atoms with Crippen molar-refractivity contribution in [2.24, 2.45) is 5.92 Å². The number of carbonyl (C=O) groups is 1. The zero-order chi connectivity index (χ0) is 10.6. The van der Waals surface area contributed by atoms with Crippen molar-refractivity contribution < 1.29 is 9.53 Å². The number of hydrogen-bond donors (Lipinski definition) is 0. The van der Waals surface area contributed by atoms with E-state index in [0.29, 0.717) is 5.92 Å². The van der Waals surface area contributed by atoms with Crippen molar-refractivity contribution >= 4 is 5.97 Å². The maximum absolute atomic E-state index is 11.5. The fourth-order valence-corrected chi connectivity index (χ4v) is 2.08. The summed E-state index contributed by atoms with van der Waals surface area (Å²) in [6.07, 6.45) is 3.31. The second kappa shape index (κ2) is 5.35. The van der Waals surface area contributed by atoms with E-state index in [9.17, 15) is 4.79 Å². The molecule has 3 nitrogen and oxygen atoms in total. The minimum atomic E-state index is -0.0645. The smallest absolute Gasteiger partial charge is 0.323 e. The van der Waals surface area contributed by atoms with Gasteiger partial charge in [-0.3, -0.25) is 9.69 Å². The van der Waals surface area contributed by atoms with E-state index in [2.05, 4.69) is 18.7 Å². The van der Waals surface area contributed by atoms with Crippen LogP contribution in [0.25, 0.3) is 0 Å². The first-order valence-electron chi connectivity index (χ1n) is 5.47. The zero-order valence-electron chi connectivity index (χ0n) is 9.45. The van der Waals surface area contributed by atoms with Gasteiger partial charge in [0.05, 0.1) is 7.11 Å². The van der Waals surface area contributed by atoms with Crippen molar-refractivity contribution in [1.29, 1.82) is 0 Å². The van der Waals surface area contributed by atoms with Crippen molar-refractivity contribution in [1.82, 2.24) is 4.90 Å². The van der Waals surface area contributed by atoms with Crippen molar-refractivity contribution in [3.8, 4) is 0 Å². The molecule has 0 aliphatic carbocycles. The van der Waals surface area contributed by atoms with Crippen LogP contribution in [-0.2, 0) is 9.53 Å². The molecular weight excluding hydrogens is 178 g/mol. The standard InChI is InChI=1S/C11H21NO2/c1-9(2)8-12-7-5-4-6-10(12)11(13)14-3/h9-10H,4-8H2,1-3H3. The summed E-state index contributed by atoms with van der Waals surface area (Å²) >= 11 is 0. The van der Waals surface area contributed by atoms with Gasteiger partial charge in [-0.1, -0.05) is 20.3 Å². The van der Waals surface area contributed by atoms with E-state index in [1.807, 2.05) is 0 Å². The molecule has 3 heteroatoms. The van der Waals surface area contributed by atoms with Crippen LogP contribution >= 0.6 is 0 Å². The van der Waals surface area contributed by atoms with E-state index in [4.69, 9.17) is 4.74 Å². The van der Waals surface area contributed by atoms with Gasteiger partial charge in [0.1, 0.15) is 6.04 Å². The molecule has 1 rings (SSSR count). The van der Waals surface area contributed by atoms with Crippen molar-refractivity contribution in [2.75, 3.05) is 20.2 Å². The van der Waals surface area contributed by atoms with Crippen LogP contribution in [0.5, 0.6) is 0 Å². The number of ether oxygens (including phenoxy) is 1. The van der Waals surface area contributed by atoms with E-state index < -0.39 is 0 Å². The van der Waals surface area contributed by atoms with Gasteiger partial charge in [0.2, 0.25) is 0 Å². The normalized spacial score (nSPS) is 23.9. The molecule has 1 fully saturated rings. The van der Waals surface area contributed by atoms with E-state index >= 15 is 0 Å². The highest BCUT2D eigenvalue weighted by Crippen LogP contribution is 2.19. The Bertz CT molecular complexity index is 192. The van der Waals surface area contributed by atoms with Crippen LogP contribution in [0.3, 0.4) is 0 Å². The Kier molecular flexibility index (Phi) is 4.39. The molecule has 1 aliphatic rings. The predicted molar refractivity (Wildman–Crippen MR) is 56.1 cm³/mol. The Labute approximate surface area is 86.4 Å². The number of carbonyl (C=O) groups excluding carboxylic acids is 1. The fourth-order valence-electron chi connectivity index (χ4n) is 2.08. The van der Waals surface area contributed by atoms with Crippen LogP contribution in [0, 0.1) is 5.92 Å². The topological polar surface area (TPSA) is 29.5 Å². The van der Waals surface area contributed by atoms with Crippen LogP contribution < -0.4 is 0 Å². The molecule has 0 bridgehead atoms.